The maximum atomic E-state index is 14.1. The highest BCUT2D eigenvalue weighted by Crippen LogP contribution is 2.39. The van der Waals surface area contributed by atoms with Crippen LogP contribution in [0.5, 0.6) is 5.75 Å². The first-order chi connectivity index (χ1) is 9.78. The van der Waals surface area contributed by atoms with E-state index >= 15 is 0 Å². The molecule has 1 aliphatic heterocycles. The molecule has 0 fully saturated rings. The molecule has 0 unspecified atom stereocenters. The van der Waals surface area contributed by atoms with Crippen LogP contribution in [0.25, 0.3) is 11.3 Å². The first kappa shape index (κ1) is 13.5. The minimum atomic E-state index is -4.01. The Morgan fingerprint density at radius 1 is 1.33 bits per heavy atom. The van der Waals surface area contributed by atoms with Crippen molar-refractivity contribution in [3.8, 4) is 17.0 Å². The van der Waals surface area contributed by atoms with E-state index in [0.29, 0.717) is 5.69 Å². The van der Waals surface area contributed by atoms with E-state index in [1.54, 1.807) is 24.7 Å². The van der Waals surface area contributed by atoms with Gasteiger partial charge in [-0.3, -0.25) is 9.48 Å². The second-order valence-electron chi connectivity index (χ2n) is 4.70. The molecular formula is C13H10F3N3O2. The minimum Gasteiger partial charge on any atom is -0.423 e. The molecule has 21 heavy (non-hydrogen) atoms. The number of carbonyl (C=O) groups is 1. The van der Waals surface area contributed by atoms with Crippen LogP contribution in [0, 0.1) is 12.7 Å². The van der Waals surface area contributed by atoms with Gasteiger partial charge >= 0.3 is 12.0 Å². The number of nitrogens with one attached hydrogen (secondary N) is 1. The van der Waals surface area contributed by atoms with Crippen LogP contribution in [0.1, 0.15) is 5.69 Å². The molecule has 1 aliphatic rings. The van der Waals surface area contributed by atoms with E-state index in [1.165, 1.54) is 6.07 Å². The zero-order valence-electron chi connectivity index (χ0n) is 11.1. The molecule has 0 bridgehead atoms. The third-order valence-corrected chi connectivity index (χ3v) is 3.21. The lowest BCUT2D eigenvalue weighted by Gasteiger charge is -2.25. The Labute approximate surface area is 117 Å². The number of anilines is 1. The predicted octanol–water partition coefficient (Wildman–Crippen LogP) is 2.46. The Morgan fingerprint density at radius 3 is 2.67 bits per heavy atom. The van der Waals surface area contributed by atoms with Gasteiger partial charge in [-0.15, -0.1) is 0 Å². The summed E-state index contributed by atoms with van der Waals surface area (Å²) < 4.78 is 46.1. The molecule has 1 N–H and O–H groups in total. The Morgan fingerprint density at radius 2 is 2.05 bits per heavy atom. The van der Waals surface area contributed by atoms with E-state index in [0.717, 1.165) is 11.8 Å². The molecule has 110 valence electrons. The quantitative estimate of drug-likeness (QED) is 0.879. The fraction of sp³-hybridized carbons (Fsp3) is 0.231. The van der Waals surface area contributed by atoms with E-state index in [-0.39, 0.29) is 11.3 Å². The number of ether oxygens (including phenoxy) is 1. The number of fused-ring (bicyclic) bond motifs is 1. The van der Waals surface area contributed by atoms with Gasteiger partial charge < -0.3 is 10.1 Å². The van der Waals surface area contributed by atoms with Gasteiger partial charge in [-0.05, 0) is 19.1 Å². The number of aromatic nitrogens is 2. The molecule has 5 nitrogen and oxygen atoms in total. The number of halogens is 3. The van der Waals surface area contributed by atoms with Gasteiger partial charge in [0.15, 0.2) is 5.75 Å². The summed E-state index contributed by atoms with van der Waals surface area (Å²) in [5.74, 6) is -2.78. The van der Waals surface area contributed by atoms with Crippen molar-refractivity contribution in [2.75, 3.05) is 5.32 Å². The molecule has 1 aromatic heterocycles. The van der Waals surface area contributed by atoms with Crippen molar-refractivity contribution in [2.24, 2.45) is 7.05 Å². The van der Waals surface area contributed by atoms with Gasteiger partial charge in [-0.1, -0.05) is 0 Å². The van der Waals surface area contributed by atoms with Gasteiger partial charge in [-0.2, -0.15) is 13.9 Å². The molecule has 8 heteroatoms. The normalized spacial score (nSPS) is 16.1. The van der Waals surface area contributed by atoms with Gasteiger partial charge in [0.1, 0.15) is 5.82 Å². The van der Waals surface area contributed by atoms with Crippen LogP contribution in [0.3, 0.4) is 0 Å². The van der Waals surface area contributed by atoms with Crippen molar-refractivity contribution in [3.63, 3.8) is 0 Å². The lowest BCUT2D eigenvalue weighted by molar-refractivity contribution is -0.189. The van der Waals surface area contributed by atoms with Gasteiger partial charge in [0, 0.05) is 24.4 Å². The van der Waals surface area contributed by atoms with E-state index in [4.69, 9.17) is 0 Å². The van der Waals surface area contributed by atoms with Crippen molar-refractivity contribution in [1.29, 1.82) is 0 Å². The largest absolute Gasteiger partial charge is 0.482 e. The summed E-state index contributed by atoms with van der Waals surface area (Å²) in [7, 11) is 1.70. The average molecular weight is 297 g/mol. The molecule has 2 heterocycles. The Bertz CT molecular complexity index is 736. The lowest BCUT2D eigenvalue weighted by atomic mass is 10.1. The first-order valence-electron chi connectivity index (χ1n) is 6.01. The summed E-state index contributed by atoms with van der Waals surface area (Å²) in [6.45, 7) is 1.79. The Balaban J connectivity index is 2.10. The van der Waals surface area contributed by atoms with Crippen LogP contribution in [0.4, 0.5) is 18.9 Å². The summed E-state index contributed by atoms with van der Waals surface area (Å²) in [5, 5.41) is 6.11. The lowest BCUT2D eigenvalue weighted by Crippen LogP contribution is -2.43. The molecule has 1 aromatic carbocycles. The highest BCUT2D eigenvalue weighted by molar-refractivity contribution is 5.99. The number of nitrogens with zero attached hydrogens (tertiary/aromatic N) is 2. The smallest absolute Gasteiger partial charge is 0.423 e. The standard InChI is InChI=1S/C13H10F3N3O2/c1-6-3-9(18-19(6)2)7-4-10-11(5-8(7)14)21-13(15,16)12(20)17-10/h3-5H,1-2H3,(H,17,20). The molecule has 0 saturated carbocycles. The number of carbonyl (C=O) groups excluding carboxylic acids is 1. The van der Waals surface area contributed by atoms with E-state index in [9.17, 15) is 18.0 Å². The molecule has 2 aromatic rings. The van der Waals surface area contributed by atoms with Crippen molar-refractivity contribution in [1.82, 2.24) is 9.78 Å². The summed E-state index contributed by atoms with van der Waals surface area (Å²) in [4.78, 5) is 11.2. The minimum absolute atomic E-state index is 0.0226. The number of benzene rings is 1. The topological polar surface area (TPSA) is 56.1 Å². The molecule has 0 radical (unpaired) electrons. The second-order valence-corrected chi connectivity index (χ2v) is 4.70. The zero-order valence-corrected chi connectivity index (χ0v) is 11.1. The Hall–Kier alpha value is -2.51. The van der Waals surface area contributed by atoms with E-state index in [1.807, 2.05) is 5.32 Å². The number of amides is 1. The first-order valence-corrected chi connectivity index (χ1v) is 6.01. The fourth-order valence-corrected chi connectivity index (χ4v) is 2.01. The van der Waals surface area contributed by atoms with Crippen LogP contribution in [0.2, 0.25) is 0 Å². The summed E-state index contributed by atoms with van der Waals surface area (Å²) >= 11 is 0. The number of aryl methyl sites for hydroxylation is 2. The number of alkyl halides is 2. The third-order valence-electron chi connectivity index (χ3n) is 3.21. The SMILES string of the molecule is Cc1cc(-c2cc3c(cc2F)OC(F)(F)C(=O)N3)nn1C. The number of rotatable bonds is 1. The van der Waals surface area contributed by atoms with Crippen molar-refractivity contribution >= 4 is 11.6 Å². The van der Waals surface area contributed by atoms with Crippen molar-refractivity contribution in [3.05, 3.63) is 29.7 Å². The summed E-state index contributed by atoms with van der Waals surface area (Å²) in [6.07, 6.45) is -4.01. The van der Waals surface area contributed by atoms with E-state index in [2.05, 4.69) is 9.84 Å². The van der Waals surface area contributed by atoms with Crippen LogP contribution in [0.15, 0.2) is 18.2 Å². The maximum absolute atomic E-state index is 14.1. The zero-order chi connectivity index (χ0) is 15.4. The second kappa shape index (κ2) is 4.24. The van der Waals surface area contributed by atoms with Crippen LogP contribution < -0.4 is 10.1 Å². The predicted molar refractivity (Wildman–Crippen MR) is 67.5 cm³/mol. The number of hydrogen-bond acceptors (Lipinski definition) is 3. The van der Waals surface area contributed by atoms with Gasteiger partial charge in [0.25, 0.3) is 0 Å². The Kier molecular flexibility index (Phi) is 2.72. The third kappa shape index (κ3) is 2.12. The maximum Gasteiger partial charge on any atom is 0.482 e. The monoisotopic (exact) mass is 297 g/mol. The van der Waals surface area contributed by atoms with Gasteiger partial charge in [0.05, 0.1) is 11.4 Å². The summed E-state index contributed by atoms with van der Waals surface area (Å²) in [5.41, 5.74) is 1.20. The summed E-state index contributed by atoms with van der Waals surface area (Å²) in [6, 6.07) is 3.67. The van der Waals surface area contributed by atoms with E-state index < -0.39 is 23.6 Å². The van der Waals surface area contributed by atoms with Crippen LogP contribution in [-0.4, -0.2) is 21.8 Å². The molecule has 0 spiro atoms. The molecular weight excluding hydrogens is 287 g/mol. The molecule has 0 atom stereocenters. The van der Waals surface area contributed by atoms with Crippen LogP contribution >= 0.6 is 0 Å². The molecule has 0 aliphatic carbocycles. The molecule has 0 saturated heterocycles. The van der Waals surface area contributed by atoms with Crippen molar-refractivity contribution < 1.29 is 22.7 Å². The molecule has 1 amide bonds. The van der Waals surface area contributed by atoms with Gasteiger partial charge in [-0.25, -0.2) is 4.39 Å². The highest BCUT2D eigenvalue weighted by Gasteiger charge is 2.46. The average Bonchev–Trinajstić information content (AvgIpc) is 2.70. The highest BCUT2D eigenvalue weighted by atomic mass is 19.3. The molecule has 3 rings (SSSR count). The number of hydrogen-bond donors (Lipinski definition) is 1. The van der Waals surface area contributed by atoms with Gasteiger partial charge in [0.2, 0.25) is 0 Å². The van der Waals surface area contributed by atoms with Crippen molar-refractivity contribution in [2.45, 2.75) is 13.0 Å². The van der Waals surface area contributed by atoms with Crippen LogP contribution in [-0.2, 0) is 11.8 Å². The fourth-order valence-electron chi connectivity index (χ4n) is 2.01.